The summed E-state index contributed by atoms with van der Waals surface area (Å²) < 4.78 is 0. The molecule has 0 aliphatic carbocycles. The highest BCUT2D eigenvalue weighted by molar-refractivity contribution is 7.80. The number of amides is 7. The first kappa shape index (κ1) is 40.4. The van der Waals surface area contributed by atoms with Crippen molar-refractivity contribution >= 4 is 65.9 Å². The van der Waals surface area contributed by atoms with Gasteiger partial charge in [0, 0.05) is 25.8 Å². The molecule has 7 amide bonds. The molecule has 264 valence electrons. The fourth-order valence-electron chi connectivity index (χ4n) is 4.66. The third-order valence-corrected chi connectivity index (χ3v) is 7.35. The number of hydrogen-bond donors (Lipinski definition) is 10. The molecule has 0 unspecified atom stereocenters. The van der Waals surface area contributed by atoms with E-state index in [1.165, 1.54) is 11.8 Å². The largest absolute Gasteiger partial charge is 0.480 e. The lowest BCUT2D eigenvalue weighted by molar-refractivity contribution is -0.146. The number of primary amides is 1. The van der Waals surface area contributed by atoms with E-state index in [1.807, 2.05) is 0 Å². The van der Waals surface area contributed by atoms with E-state index in [4.69, 9.17) is 17.2 Å². The average Bonchev–Trinajstić information content (AvgIpc) is 3.47. The Kier molecular flexibility index (Phi) is 17.0. The number of nitrogens with two attached hydrogens (primary N) is 3. The highest BCUT2D eigenvalue weighted by Crippen LogP contribution is 2.21. The zero-order chi connectivity index (χ0) is 35.8. The van der Waals surface area contributed by atoms with E-state index in [2.05, 4.69) is 44.2 Å². The smallest absolute Gasteiger partial charge is 0.326 e. The maximum Gasteiger partial charge on any atom is 0.326 e. The molecule has 0 aromatic heterocycles. The third-order valence-electron chi connectivity index (χ3n) is 6.99. The van der Waals surface area contributed by atoms with E-state index < -0.39 is 96.4 Å². The van der Waals surface area contributed by atoms with Crippen molar-refractivity contribution in [2.45, 2.75) is 83.1 Å². The van der Waals surface area contributed by atoms with E-state index in [-0.39, 0.29) is 37.6 Å². The summed E-state index contributed by atoms with van der Waals surface area (Å²) in [5.41, 5.74) is 15.6. The summed E-state index contributed by atoms with van der Waals surface area (Å²) in [4.78, 5) is 104. The van der Waals surface area contributed by atoms with Crippen molar-refractivity contribution in [3.63, 3.8) is 0 Å². The van der Waals surface area contributed by atoms with Gasteiger partial charge in [0.25, 0.3) is 0 Å². The van der Waals surface area contributed by atoms with Crippen molar-refractivity contribution in [3.8, 4) is 0 Å². The van der Waals surface area contributed by atoms with Crippen LogP contribution in [0.1, 0.15) is 52.9 Å². The molecule has 19 nitrogen and oxygen atoms in total. The Balaban J connectivity index is 2.83. The Morgan fingerprint density at radius 2 is 1.60 bits per heavy atom. The first-order valence-corrected chi connectivity index (χ1v) is 15.5. The van der Waals surface area contributed by atoms with Crippen LogP contribution in [0.25, 0.3) is 0 Å². The molecule has 1 aliphatic heterocycles. The summed E-state index contributed by atoms with van der Waals surface area (Å²) in [5.74, 6) is -7.11. The molecule has 0 aromatic rings. The summed E-state index contributed by atoms with van der Waals surface area (Å²) in [6, 6.07) is -5.88. The number of aliphatic imine (C=N–C) groups is 1. The maximum atomic E-state index is 13.5. The number of hydrogen-bond acceptors (Lipinski definition) is 10. The molecular formula is C27H46N10O9S. The zero-order valence-electron chi connectivity index (χ0n) is 26.6. The van der Waals surface area contributed by atoms with Gasteiger partial charge in [-0.3, -0.25) is 38.6 Å². The van der Waals surface area contributed by atoms with Gasteiger partial charge < -0.3 is 53.8 Å². The van der Waals surface area contributed by atoms with E-state index in [1.54, 1.807) is 13.8 Å². The van der Waals surface area contributed by atoms with E-state index >= 15 is 0 Å². The van der Waals surface area contributed by atoms with Crippen LogP contribution < -0.4 is 43.8 Å². The maximum absolute atomic E-state index is 13.5. The van der Waals surface area contributed by atoms with Gasteiger partial charge in [0.15, 0.2) is 5.96 Å². The second-order valence-electron chi connectivity index (χ2n) is 11.2. The van der Waals surface area contributed by atoms with Gasteiger partial charge in [-0.05, 0) is 31.6 Å². The number of nitrogens with one attached hydrogen (secondary N) is 5. The number of likely N-dealkylation sites (tertiary alicyclic amines) is 1. The van der Waals surface area contributed by atoms with Crippen LogP contribution >= 0.6 is 12.6 Å². The monoisotopic (exact) mass is 686 g/mol. The molecule has 0 spiro atoms. The topological polar surface area (TPSA) is 311 Å². The molecule has 1 heterocycles. The molecule has 1 saturated heterocycles. The number of carboxylic acids is 1. The standard InChI is InChI=1S/C27H46N10O9S/c1-13(2)21(25(44)37-9-5-7-18(37)24(43)34-16(26(45)46)10-19(28)39)36-20(40)11-32-22(41)17(12-47)35-23(42)15(33-14(3)38)6-4-8-31-27(29)30/h13,15-18,21,47H,4-12H2,1-3H3,(H2,28,39)(H,32,41)(H,33,38)(H,34,43)(H,35,42)(H,36,40)(H,45,46)(H4,29,30,31)/t15-,16-,17-,18-,21-/m0/s1. The van der Waals surface area contributed by atoms with Gasteiger partial charge in [-0.2, -0.15) is 12.6 Å². The van der Waals surface area contributed by atoms with Crippen LogP contribution in [-0.4, -0.2) is 119 Å². The van der Waals surface area contributed by atoms with Crippen LogP contribution in [0, 0.1) is 5.92 Å². The summed E-state index contributed by atoms with van der Waals surface area (Å²) >= 11 is 4.11. The lowest BCUT2D eigenvalue weighted by Gasteiger charge is -2.31. The minimum absolute atomic E-state index is 0.123. The molecule has 12 N–H and O–H groups in total. The third kappa shape index (κ3) is 14.1. The lowest BCUT2D eigenvalue weighted by atomic mass is 10.0. The van der Waals surface area contributed by atoms with Crippen molar-refractivity contribution in [1.29, 1.82) is 0 Å². The van der Waals surface area contributed by atoms with Crippen LogP contribution in [0.4, 0.5) is 0 Å². The molecule has 0 bridgehead atoms. The number of aliphatic carboxylic acids is 1. The highest BCUT2D eigenvalue weighted by Gasteiger charge is 2.40. The van der Waals surface area contributed by atoms with Crippen molar-refractivity contribution in [2.24, 2.45) is 28.1 Å². The second kappa shape index (κ2) is 19.8. The van der Waals surface area contributed by atoms with Gasteiger partial charge in [-0.1, -0.05) is 13.8 Å². The van der Waals surface area contributed by atoms with Crippen LogP contribution in [-0.2, 0) is 38.4 Å². The van der Waals surface area contributed by atoms with Gasteiger partial charge in [-0.15, -0.1) is 0 Å². The zero-order valence-corrected chi connectivity index (χ0v) is 27.5. The number of rotatable bonds is 19. The molecule has 0 saturated carbocycles. The Morgan fingerprint density at radius 3 is 2.13 bits per heavy atom. The summed E-state index contributed by atoms with van der Waals surface area (Å²) in [6.45, 7) is 4.36. The van der Waals surface area contributed by atoms with Crippen LogP contribution in [0.3, 0.4) is 0 Å². The van der Waals surface area contributed by atoms with Crippen LogP contribution in [0.15, 0.2) is 4.99 Å². The Bertz CT molecular complexity index is 1210. The Labute approximate surface area is 277 Å². The van der Waals surface area contributed by atoms with Gasteiger partial charge in [0.1, 0.15) is 30.2 Å². The van der Waals surface area contributed by atoms with Crippen LogP contribution in [0.5, 0.6) is 0 Å². The molecule has 0 aromatic carbocycles. The summed E-state index contributed by atoms with van der Waals surface area (Å²) in [6.07, 6.45) is 0.549. The first-order chi connectivity index (χ1) is 22.0. The first-order valence-electron chi connectivity index (χ1n) is 14.9. The molecule has 1 fully saturated rings. The fourth-order valence-corrected chi connectivity index (χ4v) is 4.92. The molecule has 1 rings (SSSR count). The quantitative estimate of drug-likeness (QED) is 0.0268. The van der Waals surface area contributed by atoms with E-state index in [0.717, 1.165) is 0 Å². The van der Waals surface area contributed by atoms with Crippen molar-refractivity contribution in [1.82, 2.24) is 31.5 Å². The molecule has 5 atom stereocenters. The molecule has 0 radical (unpaired) electrons. The van der Waals surface area contributed by atoms with E-state index in [0.29, 0.717) is 12.8 Å². The molecule has 1 aliphatic rings. The van der Waals surface area contributed by atoms with Crippen molar-refractivity contribution < 1.29 is 43.5 Å². The Hall–Kier alpha value is -4.62. The number of carbonyl (C=O) groups excluding carboxylic acids is 7. The number of carboxylic acid groups (broad SMARTS) is 1. The average molecular weight is 687 g/mol. The second-order valence-corrected chi connectivity index (χ2v) is 11.6. The minimum Gasteiger partial charge on any atom is -0.480 e. The molecule has 20 heteroatoms. The minimum atomic E-state index is -1.57. The highest BCUT2D eigenvalue weighted by atomic mass is 32.1. The van der Waals surface area contributed by atoms with Crippen molar-refractivity contribution in [2.75, 3.05) is 25.4 Å². The summed E-state index contributed by atoms with van der Waals surface area (Å²) in [7, 11) is 0. The van der Waals surface area contributed by atoms with E-state index in [9.17, 15) is 43.5 Å². The fraction of sp³-hybridized carbons (Fsp3) is 0.667. The normalized spacial score (nSPS) is 16.5. The summed E-state index contributed by atoms with van der Waals surface area (Å²) in [5, 5.41) is 21.5. The van der Waals surface area contributed by atoms with Gasteiger partial charge in [-0.25, -0.2) is 4.79 Å². The molecule has 47 heavy (non-hydrogen) atoms. The SMILES string of the molecule is CC(=O)N[C@@H](CCCN=C(N)N)C(=O)N[C@@H](CS)C(=O)NCC(=O)N[C@H](C(=O)N1CCC[C@H]1C(=O)N[C@@H](CC(N)=O)C(=O)O)C(C)C. The number of nitrogens with zero attached hydrogens (tertiary/aromatic N) is 2. The van der Waals surface area contributed by atoms with Crippen molar-refractivity contribution in [3.05, 3.63) is 0 Å². The lowest BCUT2D eigenvalue weighted by Crippen LogP contribution is -2.58. The van der Waals surface area contributed by atoms with Gasteiger partial charge >= 0.3 is 5.97 Å². The number of thiol groups is 1. The predicted octanol–water partition coefficient (Wildman–Crippen LogP) is -4.35. The number of carbonyl (C=O) groups is 8. The predicted molar refractivity (Wildman–Crippen MR) is 171 cm³/mol. The van der Waals surface area contributed by atoms with Crippen LogP contribution in [0.2, 0.25) is 0 Å². The number of guanidine groups is 1. The van der Waals surface area contributed by atoms with Gasteiger partial charge in [0.05, 0.1) is 13.0 Å². The molecular weight excluding hydrogens is 640 g/mol. The van der Waals surface area contributed by atoms with Gasteiger partial charge in [0.2, 0.25) is 41.4 Å². The Morgan fingerprint density at radius 1 is 0.936 bits per heavy atom.